The van der Waals surface area contributed by atoms with Crippen LogP contribution in [0.5, 0.6) is 0 Å². The van der Waals surface area contributed by atoms with Crippen molar-refractivity contribution in [3.63, 3.8) is 0 Å². The number of amides is 1. The molecule has 0 fully saturated rings. The first kappa shape index (κ1) is 17.9. The third-order valence-electron chi connectivity index (χ3n) is 4.42. The lowest BCUT2D eigenvalue weighted by Gasteiger charge is -2.39. The van der Waals surface area contributed by atoms with Gasteiger partial charge in [0.1, 0.15) is 0 Å². The standard InChI is InChI=1S/C17H22N2O5/c1-3-4-5-6-15(20)18-11(2)9-12-7-8-13(19(23)24)10-14(12)16(18)17(21)22/h7-8,10-11,16H,3-6,9H2,1-2H3,(H,21,22)/t11-,16?/m0/s1. The van der Waals surface area contributed by atoms with Crippen LogP contribution in [0.15, 0.2) is 18.2 Å². The first-order chi connectivity index (χ1) is 11.4. The first-order valence-corrected chi connectivity index (χ1v) is 8.18. The highest BCUT2D eigenvalue weighted by molar-refractivity contribution is 5.86. The van der Waals surface area contributed by atoms with Gasteiger partial charge in [-0.2, -0.15) is 0 Å². The van der Waals surface area contributed by atoms with Crippen molar-refractivity contribution in [2.24, 2.45) is 0 Å². The van der Waals surface area contributed by atoms with E-state index in [2.05, 4.69) is 0 Å². The summed E-state index contributed by atoms with van der Waals surface area (Å²) in [5.41, 5.74) is 0.935. The van der Waals surface area contributed by atoms with Crippen molar-refractivity contribution in [2.45, 2.75) is 58.0 Å². The van der Waals surface area contributed by atoms with Gasteiger partial charge in [-0.05, 0) is 30.9 Å². The number of non-ortho nitro benzene ring substituents is 1. The van der Waals surface area contributed by atoms with E-state index in [1.807, 2.05) is 13.8 Å². The lowest BCUT2D eigenvalue weighted by molar-refractivity contribution is -0.385. The molecular weight excluding hydrogens is 312 g/mol. The number of rotatable bonds is 6. The monoisotopic (exact) mass is 334 g/mol. The number of nitro benzene ring substituents is 1. The number of carbonyl (C=O) groups excluding carboxylic acids is 1. The predicted octanol–water partition coefficient (Wildman–Crippen LogP) is 3.07. The van der Waals surface area contributed by atoms with E-state index >= 15 is 0 Å². The predicted molar refractivity (Wildman–Crippen MR) is 87.6 cm³/mol. The molecule has 0 bridgehead atoms. The normalized spacial score (nSPS) is 19.7. The molecule has 1 unspecified atom stereocenters. The zero-order valence-electron chi connectivity index (χ0n) is 13.9. The molecule has 1 aromatic carbocycles. The Balaban J connectivity index is 2.39. The second-order valence-electron chi connectivity index (χ2n) is 6.19. The molecule has 0 aliphatic carbocycles. The fourth-order valence-corrected chi connectivity index (χ4v) is 3.25. The van der Waals surface area contributed by atoms with E-state index in [-0.39, 0.29) is 17.6 Å². The van der Waals surface area contributed by atoms with Gasteiger partial charge in [-0.15, -0.1) is 0 Å². The van der Waals surface area contributed by atoms with Crippen LogP contribution in [-0.4, -0.2) is 32.8 Å². The summed E-state index contributed by atoms with van der Waals surface area (Å²) in [4.78, 5) is 36.2. The van der Waals surface area contributed by atoms with Crippen LogP contribution in [0.3, 0.4) is 0 Å². The second kappa shape index (κ2) is 7.42. The Hall–Kier alpha value is -2.44. The topological polar surface area (TPSA) is 101 Å². The van der Waals surface area contributed by atoms with Crippen molar-refractivity contribution < 1.29 is 19.6 Å². The van der Waals surface area contributed by atoms with Gasteiger partial charge in [0.2, 0.25) is 5.91 Å². The molecule has 1 aromatic rings. The average molecular weight is 334 g/mol. The Kier molecular flexibility index (Phi) is 5.54. The van der Waals surface area contributed by atoms with Crippen molar-refractivity contribution >= 4 is 17.6 Å². The maximum atomic E-state index is 12.6. The fraction of sp³-hybridized carbons (Fsp3) is 0.529. The third-order valence-corrected chi connectivity index (χ3v) is 4.42. The zero-order valence-corrected chi connectivity index (χ0v) is 13.9. The molecule has 0 spiro atoms. The summed E-state index contributed by atoms with van der Waals surface area (Å²) in [5.74, 6) is -1.37. The smallest absolute Gasteiger partial charge is 0.331 e. The highest BCUT2D eigenvalue weighted by Gasteiger charge is 2.40. The molecule has 0 radical (unpaired) electrons. The Morgan fingerprint density at radius 2 is 2.08 bits per heavy atom. The number of aliphatic carboxylic acids is 1. The van der Waals surface area contributed by atoms with Gasteiger partial charge in [-0.1, -0.05) is 25.8 Å². The molecule has 0 saturated carbocycles. The van der Waals surface area contributed by atoms with E-state index in [0.717, 1.165) is 18.4 Å². The minimum absolute atomic E-state index is 0.159. The SMILES string of the molecule is CCCCCC(=O)N1C(C(=O)O)c2cc([N+](=O)[O-])ccc2C[C@@H]1C. The lowest BCUT2D eigenvalue weighted by Crippen LogP contribution is -2.48. The van der Waals surface area contributed by atoms with Crippen LogP contribution in [0, 0.1) is 10.1 Å². The summed E-state index contributed by atoms with van der Waals surface area (Å²) in [7, 11) is 0. The summed E-state index contributed by atoms with van der Waals surface area (Å²) < 4.78 is 0. The molecule has 2 atom stereocenters. The van der Waals surface area contributed by atoms with Gasteiger partial charge in [-0.3, -0.25) is 14.9 Å². The van der Waals surface area contributed by atoms with E-state index in [9.17, 15) is 24.8 Å². The van der Waals surface area contributed by atoms with Crippen LogP contribution in [0.25, 0.3) is 0 Å². The molecular formula is C17H22N2O5. The number of carboxylic acids is 1. The number of hydrogen-bond donors (Lipinski definition) is 1. The average Bonchev–Trinajstić information content (AvgIpc) is 2.52. The van der Waals surface area contributed by atoms with Gasteiger partial charge in [0, 0.05) is 24.6 Å². The Morgan fingerprint density at radius 1 is 1.38 bits per heavy atom. The largest absolute Gasteiger partial charge is 0.479 e. The van der Waals surface area contributed by atoms with Crippen molar-refractivity contribution in [3.05, 3.63) is 39.4 Å². The zero-order chi connectivity index (χ0) is 17.9. The number of unbranched alkanes of at least 4 members (excludes halogenated alkanes) is 2. The maximum Gasteiger partial charge on any atom is 0.331 e. The Morgan fingerprint density at radius 3 is 2.67 bits per heavy atom. The molecule has 7 nitrogen and oxygen atoms in total. The van der Waals surface area contributed by atoms with Crippen LogP contribution >= 0.6 is 0 Å². The molecule has 1 N–H and O–H groups in total. The van der Waals surface area contributed by atoms with Crippen LogP contribution < -0.4 is 0 Å². The van der Waals surface area contributed by atoms with Gasteiger partial charge < -0.3 is 10.0 Å². The van der Waals surface area contributed by atoms with E-state index in [0.29, 0.717) is 24.8 Å². The second-order valence-corrected chi connectivity index (χ2v) is 6.19. The van der Waals surface area contributed by atoms with Crippen molar-refractivity contribution in [1.29, 1.82) is 0 Å². The highest BCUT2D eigenvalue weighted by atomic mass is 16.6. The molecule has 1 aliphatic heterocycles. The number of carboxylic acid groups (broad SMARTS) is 1. The summed E-state index contributed by atoms with van der Waals surface area (Å²) >= 11 is 0. The summed E-state index contributed by atoms with van der Waals surface area (Å²) in [6, 6.07) is 2.83. The third kappa shape index (κ3) is 3.55. The van der Waals surface area contributed by atoms with Crippen LogP contribution in [0.1, 0.15) is 56.7 Å². The maximum absolute atomic E-state index is 12.6. The van der Waals surface area contributed by atoms with Gasteiger partial charge >= 0.3 is 5.97 Å². The molecule has 1 aliphatic rings. The Labute approximate surface area is 140 Å². The van der Waals surface area contributed by atoms with E-state index < -0.39 is 16.9 Å². The quantitative estimate of drug-likeness (QED) is 0.489. The molecule has 0 aromatic heterocycles. The van der Waals surface area contributed by atoms with Crippen LogP contribution in [-0.2, 0) is 16.0 Å². The van der Waals surface area contributed by atoms with Gasteiger partial charge in [0.15, 0.2) is 6.04 Å². The van der Waals surface area contributed by atoms with Gasteiger partial charge in [-0.25, -0.2) is 4.79 Å². The number of carbonyl (C=O) groups is 2. The van der Waals surface area contributed by atoms with Crippen molar-refractivity contribution in [2.75, 3.05) is 0 Å². The van der Waals surface area contributed by atoms with Gasteiger partial charge in [0.25, 0.3) is 5.69 Å². The molecule has 1 heterocycles. The van der Waals surface area contributed by atoms with Crippen LogP contribution in [0.4, 0.5) is 5.69 Å². The molecule has 130 valence electrons. The Bertz CT molecular complexity index is 658. The summed E-state index contributed by atoms with van der Waals surface area (Å²) in [6.45, 7) is 3.85. The number of benzene rings is 1. The summed E-state index contributed by atoms with van der Waals surface area (Å²) in [6.07, 6.45) is 3.39. The molecule has 1 amide bonds. The minimum Gasteiger partial charge on any atom is -0.479 e. The summed E-state index contributed by atoms with van der Waals surface area (Å²) in [5, 5.41) is 20.7. The number of nitrogens with zero attached hydrogens (tertiary/aromatic N) is 2. The lowest BCUT2D eigenvalue weighted by atomic mass is 9.87. The fourth-order valence-electron chi connectivity index (χ4n) is 3.25. The molecule has 7 heteroatoms. The molecule has 24 heavy (non-hydrogen) atoms. The minimum atomic E-state index is -1.17. The van der Waals surface area contributed by atoms with E-state index in [1.165, 1.54) is 17.0 Å². The number of fused-ring (bicyclic) bond motifs is 1. The van der Waals surface area contributed by atoms with Crippen LogP contribution in [0.2, 0.25) is 0 Å². The van der Waals surface area contributed by atoms with E-state index in [4.69, 9.17) is 0 Å². The highest BCUT2D eigenvalue weighted by Crippen LogP contribution is 2.36. The van der Waals surface area contributed by atoms with E-state index in [1.54, 1.807) is 6.07 Å². The van der Waals surface area contributed by atoms with Crippen molar-refractivity contribution in [3.8, 4) is 0 Å². The first-order valence-electron chi connectivity index (χ1n) is 8.18. The molecule has 2 rings (SSSR count). The van der Waals surface area contributed by atoms with Gasteiger partial charge in [0.05, 0.1) is 4.92 Å². The number of hydrogen-bond acceptors (Lipinski definition) is 4. The number of nitro groups is 1. The molecule has 0 saturated heterocycles. The van der Waals surface area contributed by atoms with Crippen molar-refractivity contribution in [1.82, 2.24) is 4.90 Å².